The highest BCUT2D eigenvalue weighted by atomic mass is 16.5. The Morgan fingerprint density at radius 2 is 1.90 bits per heavy atom. The zero-order valence-electron chi connectivity index (χ0n) is 12.5. The zero-order chi connectivity index (χ0) is 14.7. The van der Waals surface area contributed by atoms with Crippen LogP contribution in [0.2, 0.25) is 0 Å². The molecule has 20 heavy (non-hydrogen) atoms. The fourth-order valence-electron chi connectivity index (χ4n) is 2.57. The van der Waals surface area contributed by atoms with Gasteiger partial charge in [-0.25, -0.2) is 0 Å². The van der Waals surface area contributed by atoms with E-state index in [1.54, 1.807) is 7.11 Å². The number of aryl methyl sites for hydroxylation is 2. The van der Waals surface area contributed by atoms with Crippen molar-refractivity contribution in [3.63, 3.8) is 0 Å². The first-order valence-electron chi connectivity index (χ1n) is 7.11. The number of rotatable bonds is 3. The normalized spacial score (nSPS) is 16.3. The molecule has 1 amide bonds. The SMILES string of the molecule is COc1cc(C)c(C)cc1CC(=O)N1CCC(O)CC1. The molecular formula is C16H23NO3. The lowest BCUT2D eigenvalue weighted by Crippen LogP contribution is -2.40. The third-order valence-corrected chi connectivity index (χ3v) is 4.06. The second-order valence-corrected chi connectivity index (χ2v) is 5.54. The molecule has 2 rings (SSSR count). The van der Waals surface area contributed by atoms with Gasteiger partial charge in [-0.15, -0.1) is 0 Å². The van der Waals surface area contributed by atoms with Crippen molar-refractivity contribution in [1.29, 1.82) is 0 Å². The third-order valence-electron chi connectivity index (χ3n) is 4.06. The highest BCUT2D eigenvalue weighted by molar-refractivity contribution is 5.79. The van der Waals surface area contributed by atoms with E-state index in [1.807, 2.05) is 30.9 Å². The molecule has 0 unspecified atom stereocenters. The predicted octanol–water partition coefficient (Wildman–Crippen LogP) is 1.84. The number of carbonyl (C=O) groups excluding carboxylic acids is 1. The molecule has 0 bridgehead atoms. The fourth-order valence-corrected chi connectivity index (χ4v) is 2.57. The van der Waals surface area contributed by atoms with Crippen molar-refractivity contribution in [3.05, 3.63) is 28.8 Å². The van der Waals surface area contributed by atoms with E-state index in [9.17, 15) is 9.90 Å². The first-order valence-corrected chi connectivity index (χ1v) is 7.11. The van der Waals surface area contributed by atoms with Crippen LogP contribution in [0.4, 0.5) is 0 Å². The highest BCUT2D eigenvalue weighted by Crippen LogP contribution is 2.24. The van der Waals surface area contributed by atoms with Crippen LogP contribution < -0.4 is 4.74 Å². The summed E-state index contributed by atoms with van der Waals surface area (Å²) in [6.45, 7) is 5.37. The van der Waals surface area contributed by atoms with Gasteiger partial charge in [0.15, 0.2) is 0 Å². The van der Waals surface area contributed by atoms with E-state index in [2.05, 4.69) is 0 Å². The van der Waals surface area contributed by atoms with Crippen LogP contribution in [0.5, 0.6) is 5.75 Å². The summed E-state index contributed by atoms with van der Waals surface area (Å²) in [5.41, 5.74) is 3.27. The number of likely N-dealkylation sites (tertiary alicyclic amines) is 1. The van der Waals surface area contributed by atoms with Crippen molar-refractivity contribution in [2.24, 2.45) is 0 Å². The molecule has 4 nitrogen and oxygen atoms in total. The van der Waals surface area contributed by atoms with Crippen LogP contribution in [0, 0.1) is 13.8 Å². The van der Waals surface area contributed by atoms with E-state index in [0.29, 0.717) is 32.4 Å². The Morgan fingerprint density at radius 1 is 1.30 bits per heavy atom. The van der Waals surface area contributed by atoms with Crippen molar-refractivity contribution in [2.45, 2.75) is 39.2 Å². The molecular weight excluding hydrogens is 254 g/mol. The minimum absolute atomic E-state index is 0.110. The lowest BCUT2D eigenvalue weighted by atomic mass is 10.0. The average Bonchev–Trinajstić information content (AvgIpc) is 2.43. The molecule has 0 saturated carbocycles. The maximum atomic E-state index is 12.3. The van der Waals surface area contributed by atoms with Gasteiger partial charge in [0.05, 0.1) is 19.6 Å². The largest absolute Gasteiger partial charge is 0.496 e. The third kappa shape index (κ3) is 3.31. The van der Waals surface area contributed by atoms with Crippen LogP contribution in [0.3, 0.4) is 0 Å². The van der Waals surface area contributed by atoms with Gasteiger partial charge in [-0.05, 0) is 43.9 Å². The van der Waals surface area contributed by atoms with Gasteiger partial charge in [-0.3, -0.25) is 4.79 Å². The second kappa shape index (κ2) is 6.27. The monoisotopic (exact) mass is 277 g/mol. The standard InChI is InChI=1S/C16H23NO3/c1-11-8-13(15(20-3)9-12(11)2)10-16(19)17-6-4-14(18)5-7-17/h8-9,14,18H,4-7,10H2,1-3H3. The topological polar surface area (TPSA) is 49.8 Å². The van der Waals surface area contributed by atoms with Crippen molar-refractivity contribution in [3.8, 4) is 5.75 Å². The summed E-state index contributed by atoms with van der Waals surface area (Å²) in [5.74, 6) is 0.886. The summed E-state index contributed by atoms with van der Waals surface area (Å²) >= 11 is 0. The molecule has 0 radical (unpaired) electrons. The number of nitrogens with zero attached hydrogens (tertiary/aromatic N) is 1. The van der Waals surface area contributed by atoms with Gasteiger partial charge in [0.25, 0.3) is 0 Å². The lowest BCUT2D eigenvalue weighted by Gasteiger charge is -2.29. The molecule has 110 valence electrons. The highest BCUT2D eigenvalue weighted by Gasteiger charge is 2.22. The van der Waals surface area contributed by atoms with Crippen LogP contribution in [-0.2, 0) is 11.2 Å². The molecule has 4 heteroatoms. The number of piperidine rings is 1. The van der Waals surface area contributed by atoms with Crippen molar-refractivity contribution >= 4 is 5.91 Å². The van der Waals surface area contributed by atoms with Crippen molar-refractivity contribution < 1.29 is 14.6 Å². The van der Waals surface area contributed by atoms with Gasteiger partial charge in [0, 0.05) is 18.7 Å². The minimum Gasteiger partial charge on any atom is -0.496 e. The molecule has 1 fully saturated rings. The van der Waals surface area contributed by atoms with Gasteiger partial charge < -0.3 is 14.7 Å². The van der Waals surface area contributed by atoms with E-state index in [-0.39, 0.29) is 12.0 Å². The molecule has 1 N–H and O–H groups in total. The maximum Gasteiger partial charge on any atom is 0.227 e. The summed E-state index contributed by atoms with van der Waals surface area (Å²) in [7, 11) is 1.63. The van der Waals surface area contributed by atoms with Gasteiger partial charge in [0.2, 0.25) is 5.91 Å². The molecule has 1 saturated heterocycles. The van der Waals surface area contributed by atoms with E-state index < -0.39 is 0 Å². The van der Waals surface area contributed by atoms with Gasteiger partial charge in [-0.1, -0.05) is 6.07 Å². The van der Waals surface area contributed by atoms with Crippen molar-refractivity contribution in [1.82, 2.24) is 4.90 Å². The smallest absolute Gasteiger partial charge is 0.227 e. The average molecular weight is 277 g/mol. The number of methoxy groups -OCH3 is 1. The quantitative estimate of drug-likeness (QED) is 0.917. The van der Waals surface area contributed by atoms with Crippen molar-refractivity contribution in [2.75, 3.05) is 20.2 Å². The van der Waals surface area contributed by atoms with Gasteiger partial charge >= 0.3 is 0 Å². The number of benzene rings is 1. The molecule has 0 atom stereocenters. The summed E-state index contributed by atoms with van der Waals surface area (Å²) in [6, 6.07) is 4.02. The lowest BCUT2D eigenvalue weighted by molar-refractivity contribution is -0.132. The Kier molecular flexibility index (Phi) is 4.65. The molecule has 1 aliphatic heterocycles. The van der Waals surface area contributed by atoms with E-state index in [4.69, 9.17) is 4.74 Å². The number of carbonyl (C=O) groups is 1. The molecule has 1 aromatic carbocycles. The number of hydrogen-bond donors (Lipinski definition) is 1. The Balaban J connectivity index is 2.09. The Bertz CT molecular complexity index is 491. The zero-order valence-corrected chi connectivity index (χ0v) is 12.5. The summed E-state index contributed by atoms with van der Waals surface area (Å²) in [4.78, 5) is 14.2. The first kappa shape index (κ1) is 14.9. The Morgan fingerprint density at radius 3 is 2.50 bits per heavy atom. The van der Waals surface area contributed by atoms with Crippen LogP contribution in [0.25, 0.3) is 0 Å². The van der Waals surface area contributed by atoms with Crippen LogP contribution in [0.15, 0.2) is 12.1 Å². The first-order chi connectivity index (χ1) is 9.51. The number of ether oxygens (including phenoxy) is 1. The molecule has 1 aliphatic rings. The van der Waals surface area contributed by atoms with Gasteiger partial charge in [0.1, 0.15) is 5.75 Å². The van der Waals surface area contributed by atoms with Crippen LogP contribution in [0.1, 0.15) is 29.5 Å². The molecule has 0 spiro atoms. The fraction of sp³-hybridized carbons (Fsp3) is 0.562. The number of amides is 1. The molecule has 0 aromatic heterocycles. The molecule has 0 aliphatic carbocycles. The Labute approximate surface area is 120 Å². The number of aliphatic hydroxyl groups excluding tert-OH is 1. The van der Waals surface area contributed by atoms with E-state index in [0.717, 1.165) is 11.3 Å². The number of aliphatic hydroxyl groups is 1. The second-order valence-electron chi connectivity index (χ2n) is 5.54. The van der Waals surface area contributed by atoms with Crippen LogP contribution in [-0.4, -0.2) is 42.2 Å². The van der Waals surface area contributed by atoms with E-state index in [1.165, 1.54) is 11.1 Å². The number of hydrogen-bond acceptors (Lipinski definition) is 3. The molecule has 1 heterocycles. The molecule has 1 aromatic rings. The summed E-state index contributed by atoms with van der Waals surface area (Å²) in [6.07, 6.45) is 1.46. The van der Waals surface area contributed by atoms with Gasteiger partial charge in [-0.2, -0.15) is 0 Å². The Hall–Kier alpha value is -1.55. The summed E-state index contributed by atoms with van der Waals surface area (Å²) < 4.78 is 5.38. The minimum atomic E-state index is -0.254. The maximum absolute atomic E-state index is 12.3. The van der Waals surface area contributed by atoms with Crippen LogP contribution >= 0.6 is 0 Å². The summed E-state index contributed by atoms with van der Waals surface area (Å²) in [5, 5.41) is 9.49. The van der Waals surface area contributed by atoms with E-state index >= 15 is 0 Å². The predicted molar refractivity (Wildman–Crippen MR) is 78.0 cm³/mol.